The van der Waals surface area contributed by atoms with Crippen LogP contribution in [0.1, 0.15) is 6.42 Å². The Bertz CT molecular complexity index is 1070. The van der Waals surface area contributed by atoms with E-state index in [9.17, 15) is 0 Å². The van der Waals surface area contributed by atoms with Gasteiger partial charge in [-0.1, -0.05) is 0 Å². The predicted molar refractivity (Wildman–Crippen MR) is 102 cm³/mol. The third-order valence-electron chi connectivity index (χ3n) is 4.33. The number of anilines is 1. The molecule has 0 radical (unpaired) electrons. The van der Waals surface area contributed by atoms with Crippen molar-refractivity contribution < 1.29 is 4.74 Å². The van der Waals surface area contributed by atoms with E-state index in [1.807, 2.05) is 32.7 Å². The Kier molecular flexibility index (Phi) is 4.18. The van der Waals surface area contributed by atoms with E-state index >= 15 is 0 Å². The van der Waals surface area contributed by atoms with E-state index in [1.165, 1.54) is 0 Å². The van der Waals surface area contributed by atoms with Crippen molar-refractivity contribution >= 4 is 27.8 Å². The second-order valence-electron chi connectivity index (χ2n) is 6.21. The van der Waals surface area contributed by atoms with Gasteiger partial charge in [0.2, 0.25) is 0 Å². The van der Waals surface area contributed by atoms with E-state index in [0.29, 0.717) is 18.2 Å². The van der Waals surface area contributed by atoms with Gasteiger partial charge < -0.3 is 20.8 Å². The lowest BCUT2D eigenvalue weighted by molar-refractivity contribution is 0.314. The molecule has 8 heteroatoms. The number of nitrogens with one attached hydrogen (secondary N) is 2. The molecule has 4 rings (SSSR count). The van der Waals surface area contributed by atoms with Crippen LogP contribution in [0.4, 0.5) is 5.82 Å². The van der Waals surface area contributed by atoms with Crippen molar-refractivity contribution in [3.63, 3.8) is 0 Å². The lowest BCUT2D eigenvalue weighted by atomic mass is 10.1. The van der Waals surface area contributed by atoms with E-state index in [-0.39, 0.29) is 0 Å². The summed E-state index contributed by atoms with van der Waals surface area (Å²) in [5, 5.41) is 9.21. The van der Waals surface area contributed by atoms with E-state index in [2.05, 4.69) is 31.4 Å². The van der Waals surface area contributed by atoms with Gasteiger partial charge in [-0.15, -0.1) is 0 Å². The summed E-state index contributed by atoms with van der Waals surface area (Å²) >= 11 is 0. The number of hydrogen-bond acceptors (Lipinski definition) is 6. The van der Waals surface area contributed by atoms with E-state index in [1.54, 1.807) is 10.9 Å². The molecule has 4 aromatic heterocycles. The van der Waals surface area contributed by atoms with Gasteiger partial charge in [-0.25, -0.2) is 9.97 Å². The number of aryl methyl sites for hydroxylation is 1. The van der Waals surface area contributed by atoms with Crippen LogP contribution in [-0.2, 0) is 7.05 Å². The third-order valence-corrected chi connectivity index (χ3v) is 4.33. The highest BCUT2D eigenvalue weighted by atomic mass is 16.5. The van der Waals surface area contributed by atoms with Crippen molar-refractivity contribution in [3.05, 3.63) is 30.9 Å². The van der Waals surface area contributed by atoms with Crippen LogP contribution in [0.5, 0.6) is 5.75 Å². The first-order chi connectivity index (χ1) is 12.7. The molecule has 8 nitrogen and oxygen atoms in total. The molecule has 0 unspecified atom stereocenters. The minimum absolute atomic E-state index is 0.384. The molecule has 0 aromatic carbocycles. The Labute approximate surface area is 150 Å². The molecular weight excluding hydrogens is 330 g/mol. The van der Waals surface area contributed by atoms with Crippen molar-refractivity contribution in [1.29, 1.82) is 0 Å². The van der Waals surface area contributed by atoms with E-state index in [0.717, 1.165) is 46.0 Å². The number of aromatic nitrogens is 5. The average molecular weight is 351 g/mol. The monoisotopic (exact) mass is 351 g/mol. The number of hydrogen-bond donors (Lipinski definition) is 3. The smallest absolute Gasteiger partial charge is 0.171 e. The molecule has 0 fully saturated rings. The normalized spacial score (nSPS) is 11.5. The maximum atomic E-state index is 6.10. The highest BCUT2D eigenvalue weighted by Crippen LogP contribution is 2.37. The number of nitrogens with zero attached hydrogens (tertiary/aromatic N) is 4. The number of H-pyrrole nitrogens is 1. The largest absolute Gasteiger partial charge is 0.489 e. The summed E-state index contributed by atoms with van der Waals surface area (Å²) in [6, 6.07) is 2.08. The van der Waals surface area contributed by atoms with Crippen molar-refractivity contribution in [2.24, 2.45) is 7.05 Å². The molecule has 0 saturated heterocycles. The van der Waals surface area contributed by atoms with Gasteiger partial charge in [0.25, 0.3) is 0 Å². The van der Waals surface area contributed by atoms with E-state index < -0.39 is 0 Å². The van der Waals surface area contributed by atoms with Crippen molar-refractivity contribution in [2.45, 2.75) is 6.42 Å². The van der Waals surface area contributed by atoms with Crippen LogP contribution >= 0.6 is 0 Å². The molecule has 0 bridgehead atoms. The molecule has 0 amide bonds. The van der Waals surface area contributed by atoms with Gasteiger partial charge in [0, 0.05) is 36.0 Å². The van der Waals surface area contributed by atoms with Crippen LogP contribution < -0.4 is 15.8 Å². The summed E-state index contributed by atoms with van der Waals surface area (Å²) in [4.78, 5) is 12.1. The molecule has 4 N–H and O–H groups in total. The predicted octanol–water partition coefficient (Wildman–Crippen LogP) is 2.08. The van der Waals surface area contributed by atoms with Gasteiger partial charge in [0.05, 0.1) is 29.9 Å². The summed E-state index contributed by atoms with van der Waals surface area (Å²) in [5.41, 5.74) is 9.74. The SMILES string of the molecule is CNCCCOc1c(N)ncc2[nH]c3ncc(-c4cnn(C)c4)cc3c12. The van der Waals surface area contributed by atoms with Gasteiger partial charge in [-0.3, -0.25) is 4.68 Å². The van der Waals surface area contributed by atoms with Crippen molar-refractivity contribution in [2.75, 3.05) is 25.9 Å². The zero-order chi connectivity index (χ0) is 18.1. The van der Waals surface area contributed by atoms with Crippen LogP contribution in [0.3, 0.4) is 0 Å². The Balaban J connectivity index is 1.83. The molecule has 4 aromatic rings. The Morgan fingerprint density at radius 1 is 1.23 bits per heavy atom. The minimum atomic E-state index is 0.384. The van der Waals surface area contributed by atoms with Crippen LogP contribution in [0, 0.1) is 0 Å². The highest BCUT2D eigenvalue weighted by Gasteiger charge is 2.16. The van der Waals surface area contributed by atoms with Crippen LogP contribution in [0.2, 0.25) is 0 Å². The molecule has 0 aliphatic carbocycles. The standard InChI is InChI=1S/C18H21N7O/c1-20-4-3-5-26-16-15-13-6-11(12-8-23-25(2)10-12)7-22-18(13)24-14(15)9-21-17(16)19/h6-10,20H,3-5H2,1-2H3,(H2,19,21)(H,22,24). The molecule has 0 atom stereocenters. The quantitative estimate of drug-likeness (QED) is 0.459. The van der Waals surface area contributed by atoms with Gasteiger partial charge >= 0.3 is 0 Å². The lowest BCUT2D eigenvalue weighted by Crippen LogP contribution is -2.12. The fourth-order valence-corrected chi connectivity index (χ4v) is 3.05. The Morgan fingerprint density at radius 2 is 2.12 bits per heavy atom. The van der Waals surface area contributed by atoms with E-state index in [4.69, 9.17) is 10.5 Å². The zero-order valence-corrected chi connectivity index (χ0v) is 14.8. The number of nitrogens with two attached hydrogens (primary N) is 1. The first-order valence-corrected chi connectivity index (χ1v) is 8.49. The number of fused-ring (bicyclic) bond motifs is 3. The Morgan fingerprint density at radius 3 is 2.88 bits per heavy atom. The fourth-order valence-electron chi connectivity index (χ4n) is 3.05. The maximum Gasteiger partial charge on any atom is 0.171 e. The van der Waals surface area contributed by atoms with Gasteiger partial charge in [0.15, 0.2) is 11.6 Å². The van der Waals surface area contributed by atoms with Gasteiger partial charge in [0.1, 0.15) is 5.65 Å². The first kappa shape index (κ1) is 16.3. The van der Waals surface area contributed by atoms with Crippen molar-refractivity contribution in [3.8, 4) is 16.9 Å². The van der Waals surface area contributed by atoms with Crippen molar-refractivity contribution in [1.82, 2.24) is 30.0 Å². The molecule has 134 valence electrons. The van der Waals surface area contributed by atoms with Crippen LogP contribution in [-0.4, -0.2) is 44.9 Å². The summed E-state index contributed by atoms with van der Waals surface area (Å²) in [6.07, 6.45) is 8.22. The average Bonchev–Trinajstić information content (AvgIpc) is 3.23. The zero-order valence-electron chi connectivity index (χ0n) is 14.8. The summed E-state index contributed by atoms with van der Waals surface area (Å²) < 4.78 is 7.75. The third kappa shape index (κ3) is 2.84. The Hall–Kier alpha value is -3.13. The fraction of sp³-hybridized carbons (Fsp3) is 0.278. The molecule has 0 aliphatic heterocycles. The van der Waals surface area contributed by atoms with Gasteiger partial charge in [-0.2, -0.15) is 5.10 Å². The number of nitrogen functional groups attached to an aromatic ring is 1. The molecule has 0 aliphatic rings. The summed E-state index contributed by atoms with van der Waals surface area (Å²) in [6.45, 7) is 1.44. The minimum Gasteiger partial charge on any atom is -0.489 e. The van der Waals surface area contributed by atoms with Crippen LogP contribution in [0.25, 0.3) is 33.1 Å². The molecule has 26 heavy (non-hydrogen) atoms. The van der Waals surface area contributed by atoms with Gasteiger partial charge in [-0.05, 0) is 26.1 Å². The number of pyridine rings is 2. The summed E-state index contributed by atoms with van der Waals surface area (Å²) in [7, 11) is 3.81. The summed E-state index contributed by atoms with van der Waals surface area (Å²) in [5.74, 6) is 0.990. The van der Waals surface area contributed by atoms with Crippen LogP contribution in [0.15, 0.2) is 30.9 Å². The molecule has 4 heterocycles. The second kappa shape index (κ2) is 6.64. The number of rotatable bonds is 6. The lowest BCUT2D eigenvalue weighted by Gasteiger charge is -2.10. The molecular formula is C18H21N7O. The first-order valence-electron chi connectivity index (χ1n) is 8.49. The highest BCUT2D eigenvalue weighted by molar-refractivity contribution is 6.11. The topological polar surface area (TPSA) is 107 Å². The molecule has 0 spiro atoms. The number of aromatic amines is 1. The maximum absolute atomic E-state index is 6.10. The molecule has 0 saturated carbocycles. The second-order valence-corrected chi connectivity index (χ2v) is 6.21. The number of ether oxygens (including phenoxy) is 1.